The van der Waals surface area contributed by atoms with E-state index >= 15 is 0 Å². The van der Waals surface area contributed by atoms with Crippen molar-refractivity contribution in [2.24, 2.45) is 0 Å². The molecule has 0 bridgehead atoms. The molecule has 3 rings (SSSR count). The molecule has 3 aromatic rings. The average molecular weight is 557 g/mol. The van der Waals surface area contributed by atoms with Crippen LogP contribution in [0.1, 0.15) is 24.5 Å². The first-order chi connectivity index (χ1) is 19.4. The van der Waals surface area contributed by atoms with Gasteiger partial charge in [0.05, 0.1) is 13.2 Å². The molecule has 2 N–H and O–H groups in total. The number of rotatable bonds is 16. The number of benzene rings is 3. The van der Waals surface area contributed by atoms with E-state index in [9.17, 15) is 23.5 Å². The van der Waals surface area contributed by atoms with Gasteiger partial charge in [0.15, 0.2) is 17.7 Å². The lowest BCUT2D eigenvalue weighted by atomic mass is 10.1. The number of urea groups is 1. The number of carbonyl (C=O) groups excluding carboxylic acids is 1. The molecule has 0 aliphatic rings. The number of aliphatic carboxylic acids is 1. The summed E-state index contributed by atoms with van der Waals surface area (Å²) < 4.78 is 43.7. The molecule has 10 heteroatoms. The maximum atomic E-state index is 13.6. The number of carboxylic acids is 1. The zero-order valence-electron chi connectivity index (χ0n) is 22.4. The number of amides is 2. The van der Waals surface area contributed by atoms with Crippen LogP contribution in [-0.4, -0.2) is 61.0 Å². The van der Waals surface area contributed by atoms with Crippen molar-refractivity contribution >= 4 is 17.7 Å². The standard InChI is InChI=1S/C30H34F2N2O6/c1-2-39-28(29(35)36)19-22-9-12-25(13-10-22)40-18-16-34(15-6-17-38-21-23-7-4-3-5-8-23)30(37)33-24-11-14-26(31)27(32)20-24/h3-5,7-14,20,28H,2,6,15-19,21H2,1H3,(H,33,37)(H,35,36). The third kappa shape index (κ3) is 10.3. The van der Waals surface area contributed by atoms with Crippen molar-refractivity contribution in [3.63, 3.8) is 0 Å². The Hall–Kier alpha value is -4.02. The number of ether oxygens (including phenoxy) is 3. The number of hydrogen-bond donors (Lipinski definition) is 2. The van der Waals surface area contributed by atoms with E-state index < -0.39 is 29.7 Å². The van der Waals surface area contributed by atoms with Crippen molar-refractivity contribution in [3.8, 4) is 5.75 Å². The molecule has 0 saturated carbocycles. The van der Waals surface area contributed by atoms with Gasteiger partial charge < -0.3 is 29.5 Å². The lowest BCUT2D eigenvalue weighted by molar-refractivity contribution is -0.149. The van der Waals surface area contributed by atoms with Crippen LogP contribution in [-0.2, 0) is 27.3 Å². The lowest BCUT2D eigenvalue weighted by Crippen LogP contribution is -2.39. The lowest BCUT2D eigenvalue weighted by Gasteiger charge is -2.23. The van der Waals surface area contributed by atoms with Crippen LogP contribution in [0.4, 0.5) is 19.3 Å². The molecule has 0 fully saturated rings. The van der Waals surface area contributed by atoms with Crippen LogP contribution in [0.2, 0.25) is 0 Å². The van der Waals surface area contributed by atoms with Crippen LogP contribution in [0.5, 0.6) is 5.75 Å². The summed E-state index contributed by atoms with van der Waals surface area (Å²) in [5, 5.41) is 11.9. The maximum absolute atomic E-state index is 13.6. The van der Waals surface area contributed by atoms with Crippen LogP contribution in [0, 0.1) is 11.6 Å². The number of nitrogens with one attached hydrogen (secondary N) is 1. The molecule has 0 heterocycles. The van der Waals surface area contributed by atoms with E-state index in [0.29, 0.717) is 38.5 Å². The maximum Gasteiger partial charge on any atom is 0.333 e. The van der Waals surface area contributed by atoms with E-state index in [0.717, 1.165) is 23.3 Å². The highest BCUT2D eigenvalue weighted by Gasteiger charge is 2.18. The minimum absolute atomic E-state index is 0.137. The molecule has 0 aromatic heterocycles. The topological polar surface area (TPSA) is 97.3 Å². The van der Waals surface area contributed by atoms with E-state index in [4.69, 9.17) is 14.2 Å². The zero-order chi connectivity index (χ0) is 28.7. The average Bonchev–Trinajstić information content (AvgIpc) is 2.95. The quantitative estimate of drug-likeness (QED) is 0.226. The smallest absolute Gasteiger partial charge is 0.333 e. The summed E-state index contributed by atoms with van der Waals surface area (Å²) in [4.78, 5) is 25.8. The number of nitrogens with zero attached hydrogens (tertiary/aromatic N) is 1. The summed E-state index contributed by atoms with van der Waals surface area (Å²) >= 11 is 0. The van der Waals surface area contributed by atoms with E-state index in [1.807, 2.05) is 30.3 Å². The molecule has 3 aromatic carbocycles. The second-order valence-electron chi connectivity index (χ2n) is 8.92. The molecule has 0 spiro atoms. The van der Waals surface area contributed by atoms with E-state index in [2.05, 4.69) is 5.32 Å². The fourth-order valence-electron chi connectivity index (χ4n) is 3.84. The predicted molar refractivity (Wildman–Crippen MR) is 146 cm³/mol. The molecular formula is C30H34F2N2O6. The Labute approximate surface area is 232 Å². The molecule has 0 saturated heterocycles. The minimum atomic E-state index is -1.05. The van der Waals surface area contributed by atoms with Gasteiger partial charge in [-0.05, 0) is 48.7 Å². The monoisotopic (exact) mass is 556 g/mol. The van der Waals surface area contributed by atoms with Crippen LogP contribution in [0.25, 0.3) is 0 Å². The first-order valence-corrected chi connectivity index (χ1v) is 13.0. The van der Waals surface area contributed by atoms with Gasteiger partial charge in [-0.1, -0.05) is 42.5 Å². The Kier molecular flexibility index (Phi) is 12.3. The van der Waals surface area contributed by atoms with Crippen LogP contribution < -0.4 is 10.1 Å². The highest BCUT2D eigenvalue weighted by molar-refractivity contribution is 5.89. The van der Waals surface area contributed by atoms with E-state index in [1.165, 1.54) is 11.0 Å². The van der Waals surface area contributed by atoms with Gasteiger partial charge in [0.1, 0.15) is 12.4 Å². The zero-order valence-corrected chi connectivity index (χ0v) is 22.4. The van der Waals surface area contributed by atoms with Gasteiger partial charge in [-0.2, -0.15) is 0 Å². The summed E-state index contributed by atoms with van der Waals surface area (Å²) in [5.74, 6) is -2.52. The number of halogens is 2. The molecule has 1 atom stereocenters. The van der Waals surface area contributed by atoms with Gasteiger partial charge in [0, 0.05) is 37.9 Å². The number of carboxylic acid groups (broad SMARTS) is 1. The van der Waals surface area contributed by atoms with Gasteiger partial charge in [-0.15, -0.1) is 0 Å². The third-order valence-corrected chi connectivity index (χ3v) is 5.90. The summed E-state index contributed by atoms with van der Waals surface area (Å²) in [6.07, 6.45) is -0.138. The van der Waals surface area contributed by atoms with Crippen LogP contribution >= 0.6 is 0 Å². The fraction of sp³-hybridized carbons (Fsp3) is 0.333. The molecule has 1 unspecified atom stereocenters. The fourth-order valence-corrected chi connectivity index (χ4v) is 3.84. The first-order valence-electron chi connectivity index (χ1n) is 13.0. The highest BCUT2D eigenvalue weighted by Crippen LogP contribution is 2.16. The van der Waals surface area contributed by atoms with Crippen molar-refractivity contribution in [2.45, 2.75) is 32.5 Å². The van der Waals surface area contributed by atoms with Gasteiger partial charge in [-0.25, -0.2) is 18.4 Å². The summed E-state index contributed by atoms with van der Waals surface area (Å²) in [7, 11) is 0. The largest absolute Gasteiger partial charge is 0.492 e. The van der Waals surface area contributed by atoms with Crippen molar-refractivity contribution in [2.75, 3.05) is 38.2 Å². The summed E-state index contributed by atoms with van der Waals surface area (Å²) in [6.45, 7) is 3.67. The van der Waals surface area contributed by atoms with Crippen molar-refractivity contribution in [3.05, 3.63) is 95.6 Å². The molecule has 40 heavy (non-hydrogen) atoms. The molecule has 0 aliphatic heterocycles. The molecule has 2 amide bonds. The Bertz CT molecular complexity index is 1210. The number of carbonyl (C=O) groups is 2. The van der Waals surface area contributed by atoms with Crippen molar-refractivity contribution < 1.29 is 37.7 Å². The highest BCUT2D eigenvalue weighted by atomic mass is 19.2. The Balaban J connectivity index is 1.53. The second kappa shape index (κ2) is 16.2. The minimum Gasteiger partial charge on any atom is -0.492 e. The van der Waals surface area contributed by atoms with Crippen molar-refractivity contribution in [1.82, 2.24) is 4.90 Å². The van der Waals surface area contributed by atoms with Gasteiger partial charge in [0.25, 0.3) is 0 Å². The van der Waals surface area contributed by atoms with Gasteiger partial charge >= 0.3 is 12.0 Å². The summed E-state index contributed by atoms with van der Waals surface area (Å²) in [5.41, 5.74) is 1.97. The Morgan fingerprint density at radius 3 is 2.35 bits per heavy atom. The third-order valence-electron chi connectivity index (χ3n) is 5.90. The van der Waals surface area contributed by atoms with E-state index in [1.54, 1.807) is 31.2 Å². The second-order valence-corrected chi connectivity index (χ2v) is 8.92. The first kappa shape index (κ1) is 30.5. The van der Waals surface area contributed by atoms with Crippen LogP contribution in [0.3, 0.4) is 0 Å². The molecule has 8 nitrogen and oxygen atoms in total. The van der Waals surface area contributed by atoms with Gasteiger partial charge in [0.2, 0.25) is 0 Å². The Morgan fingerprint density at radius 1 is 0.925 bits per heavy atom. The number of anilines is 1. The molecule has 0 radical (unpaired) electrons. The predicted octanol–water partition coefficient (Wildman–Crippen LogP) is 5.52. The summed E-state index contributed by atoms with van der Waals surface area (Å²) in [6, 6.07) is 19.4. The molecular weight excluding hydrogens is 522 g/mol. The normalized spacial score (nSPS) is 11.6. The van der Waals surface area contributed by atoms with Crippen molar-refractivity contribution in [1.29, 1.82) is 0 Å². The van der Waals surface area contributed by atoms with Crippen LogP contribution in [0.15, 0.2) is 72.8 Å². The SMILES string of the molecule is CCOC(Cc1ccc(OCCN(CCCOCc2ccccc2)C(=O)Nc2ccc(F)c(F)c2)cc1)C(=O)O. The van der Waals surface area contributed by atoms with Gasteiger partial charge in [-0.3, -0.25) is 0 Å². The molecule has 0 aliphatic carbocycles. The van der Waals surface area contributed by atoms with E-state index in [-0.39, 0.29) is 25.3 Å². The Morgan fingerprint density at radius 2 is 1.68 bits per heavy atom. The number of hydrogen-bond acceptors (Lipinski definition) is 5. The molecule has 214 valence electrons.